The third kappa shape index (κ3) is 11.7. The second-order valence-corrected chi connectivity index (χ2v) is 17.3. The van der Waals surface area contributed by atoms with E-state index < -0.39 is 68.7 Å². The molecule has 0 unspecified atom stereocenters. The number of hydrogen-bond acceptors (Lipinski definition) is 8. The van der Waals surface area contributed by atoms with Crippen LogP contribution >= 0.6 is 0 Å². The fraction of sp³-hybridized carbons (Fsp3) is 0.917. The molecule has 0 aromatic rings. The third-order valence-electron chi connectivity index (χ3n) is 5.71. The maximum absolute atomic E-state index is 11.2. The molecule has 0 aromatic carbocycles. The molecule has 193 valence electrons. The Morgan fingerprint density at radius 3 is 1.82 bits per heavy atom. The Bertz CT molecular complexity index is 542. The number of esters is 2. The van der Waals surface area contributed by atoms with Crippen LogP contribution in [0.5, 0.6) is 0 Å². The van der Waals surface area contributed by atoms with Gasteiger partial charge in [0.2, 0.25) is 0 Å². The summed E-state index contributed by atoms with van der Waals surface area (Å²) < 4.78 is 31.3. The van der Waals surface area contributed by atoms with E-state index in [1.54, 1.807) is 20.2 Å². The van der Waals surface area contributed by atoms with E-state index in [9.17, 15) is 14.7 Å². The second-order valence-electron chi connectivity index (χ2n) is 8.78. The number of unbranched alkanes of at least 4 members (excludes halogenated alkanes) is 3. The van der Waals surface area contributed by atoms with Gasteiger partial charge in [-0.15, -0.1) is 0 Å². The number of aliphatic hydroxyl groups excluding tert-OH is 1. The molecule has 1 radical (unpaired) electrons. The minimum atomic E-state index is -1.41. The van der Waals surface area contributed by atoms with E-state index in [0.717, 1.165) is 0 Å². The molecule has 0 amide bonds. The first-order valence-corrected chi connectivity index (χ1v) is 18.6. The van der Waals surface area contributed by atoms with Gasteiger partial charge in [0.25, 0.3) is 0 Å². The van der Waals surface area contributed by atoms with Crippen LogP contribution in [-0.4, -0.2) is 80.4 Å². The van der Waals surface area contributed by atoms with Crippen LogP contribution in [0.4, 0.5) is 0 Å². The Labute approximate surface area is 206 Å². The second kappa shape index (κ2) is 17.1. The average molecular weight is 580 g/mol. The van der Waals surface area contributed by atoms with Gasteiger partial charge in [-0.2, -0.15) is 0 Å². The van der Waals surface area contributed by atoms with E-state index in [4.69, 9.17) is 23.7 Å². The normalized spacial score (nSPS) is 29.0. The van der Waals surface area contributed by atoms with E-state index in [1.165, 1.54) is 52.4 Å². The Balaban J connectivity index is 0.000000366. The zero-order valence-electron chi connectivity index (χ0n) is 21.3. The molecule has 0 aromatic heterocycles. The number of carbonyl (C=O) groups is 2. The summed E-state index contributed by atoms with van der Waals surface area (Å²) in [6.07, 6.45) is 3.57. The molecule has 0 bridgehead atoms. The van der Waals surface area contributed by atoms with Gasteiger partial charge in [-0.05, 0) is 6.92 Å². The summed E-state index contributed by atoms with van der Waals surface area (Å²) in [5, 5.41) is 9.90. The average Bonchev–Trinajstić information content (AvgIpc) is 2.76. The molecule has 2 aliphatic rings. The molecule has 6 atom stereocenters. The fourth-order valence-corrected chi connectivity index (χ4v) is 13.4. The maximum atomic E-state index is 11.2. The predicted molar refractivity (Wildman–Crippen MR) is 127 cm³/mol. The number of ether oxygens (including phenoxy) is 5. The predicted octanol–water partition coefficient (Wildman–Crippen LogP) is 4.21. The number of hydrogen-bond donors (Lipinski definition) is 1. The molecule has 2 saturated heterocycles. The molecule has 33 heavy (non-hydrogen) atoms. The van der Waals surface area contributed by atoms with Crippen LogP contribution in [0.3, 0.4) is 0 Å². The van der Waals surface area contributed by atoms with Crippen LogP contribution < -0.4 is 0 Å². The Morgan fingerprint density at radius 2 is 1.36 bits per heavy atom. The van der Waals surface area contributed by atoms with Gasteiger partial charge >= 0.3 is 104 Å². The van der Waals surface area contributed by atoms with Crippen LogP contribution in [0.1, 0.15) is 80.1 Å². The topological polar surface area (TPSA) is 101 Å². The van der Waals surface area contributed by atoms with Crippen molar-refractivity contribution in [2.45, 2.75) is 130 Å². The molecular formula is C24H45O8Sn. The van der Waals surface area contributed by atoms with Crippen LogP contribution in [0, 0.1) is 0 Å². The Kier molecular flexibility index (Phi) is 15.8. The van der Waals surface area contributed by atoms with Gasteiger partial charge in [-0.25, -0.2) is 0 Å². The molecular weight excluding hydrogens is 535 g/mol. The monoisotopic (exact) mass is 581 g/mol. The summed E-state index contributed by atoms with van der Waals surface area (Å²) >= 11 is -0.839. The molecule has 8 nitrogen and oxygen atoms in total. The SMILES string of the molecule is CC(=O)O[C@@H]1[C@@H](OC(C)=O)[C@@H](O)O[C@@H]2CO[C@@H](C)O[C@@H]12.CCC[CH2][Sn]([CH2]CCC)[CH2]CCC. The number of aliphatic hydroxyl groups is 1. The summed E-state index contributed by atoms with van der Waals surface area (Å²) in [5.74, 6) is -1.18. The number of carbonyl (C=O) groups excluding carboxylic acids is 2. The zero-order valence-corrected chi connectivity index (χ0v) is 24.2. The molecule has 2 aliphatic heterocycles. The molecule has 2 heterocycles. The summed E-state index contributed by atoms with van der Waals surface area (Å²) in [5.41, 5.74) is 0. The van der Waals surface area contributed by atoms with Crippen LogP contribution in [0.2, 0.25) is 13.3 Å². The Morgan fingerprint density at radius 1 is 0.879 bits per heavy atom. The van der Waals surface area contributed by atoms with E-state index in [2.05, 4.69) is 20.8 Å². The molecule has 9 heteroatoms. The summed E-state index contributed by atoms with van der Waals surface area (Å²) in [7, 11) is 0. The first-order valence-electron chi connectivity index (χ1n) is 12.5. The van der Waals surface area contributed by atoms with Crippen LogP contribution in [-0.2, 0) is 33.3 Å². The first kappa shape index (κ1) is 30.6. The Hall–Kier alpha value is -0.421. The van der Waals surface area contributed by atoms with Gasteiger partial charge in [0.15, 0.2) is 24.8 Å². The van der Waals surface area contributed by atoms with E-state index in [1.807, 2.05) is 0 Å². The van der Waals surface area contributed by atoms with Gasteiger partial charge in [-0.1, -0.05) is 0 Å². The van der Waals surface area contributed by atoms with Crippen molar-refractivity contribution in [3.05, 3.63) is 0 Å². The van der Waals surface area contributed by atoms with Crippen molar-refractivity contribution in [2.24, 2.45) is 0 Å². The first-order chi connectivity index (χ1) is 15.7. The van der Waals surface area contributed by atoms with Crippen LogP contribution in [0.15, 0.2) is 0 Å². The molecule has 2 rings (SSSR count). The molecule has 1 N–H and O–H groups in total. The van der Waals surface area contributed by atoms with Gasteiger partial charge in [0.1, 0.15) is 12.2 Å². The quantitative estimate of drug-likeness (QED) is 0.287. The third-order valence-corrected chi connectivity index (χ3v) is 14.8. The number of rotatable bonds is 11. The fourth-order valence-electron chi connectivity index (χ4n) is 3.98. The van der Waals surface area contributed by atoms with Gasteiger partial charge < -0.3 is 28.8 Å². The van der Waals surface area contributed by atoms with Gasteiger partial charge in [0, 0.05) is 13.8 Å². The van der Waals surface area contributed by atoms with E-state index in [0.29, 0.717) is 0 Å². The summed E-state index contributed by atoms with van der Waals surface area (Å²) in [6.45, 7) is 11.3. The van der Waals surface area contributed by atoms with Crippen molar-refractivity contribution in [3.8, 4) is 0 Å². The molecule has 0 saturated carbocycles. The van der Waals surface area contributed by atoms with Crippen molar-refractivity contribution in [1.82, 2.24) is 0 Å². The van der Waals surface area contributed by atoms with E-state index >= 15 is 0 Å². The summed E-state index contributed by atoms with van der Waals surface area (Å²) in [4.78, 5) is 22.4. The molecule has 2 fully saturated rings. The minimum absolute atomic E-state index is 0.188. The molecule has 0 aliphatic carbocycles. The van der Waals surface area contributed by atoms with Crippen molar-refractivity contribution in [1.29, 1.82) is 0 Å². The van der Waals surface area contributed by atoms with Crippen molar-refractivity contribution in [2.75, 3.05) is 6.61 Å². The van der Waals surface area contributed by atoms with E-state index in [-0.39, 0.29) is 6.61 Å². The standard InChI is InChI=1S/C12H18O8.3C4H9.Sn/c1-5(13)17-10-9-8(4-16-7(3)19-9)20-12(15)11(10)18-6(2)14;3*1-3-4-2;/h7-12,15H,4H2,1-3H3;3*1,3-4H2,2H3;/t7-,8-,9-,10+,11-,12+;;;;/m1..../s1. The van der Waals surface area contributed by atoms with Crippen molar-refractivity contribution < 1.29 is 38.4 Å². The van der Waals surface area contributed by atoms with Crippen molar-refractivity contribution >= 4 is 31.7 Å². The van der Waals surface area contributed by atoms with Gasteiger partial charge in [-0.3, -0.25) is 9.59 Å². The molecule has 0 spiro atoms. The van der Waals surface area contributed by atoms with Crippen LogP contribution in [0.25, 0.3) is 0 Å². The zero-order chi connectivity index (χ0) is 24.8. The number of fused-ring (bicyclic) bond motifs is 1. The summed E-state index contributed by atoms with van der Waals surface area (Å²) in [6, 6.07) is 0. The van der Waals surface area contributed by atoms with Crippen molar-refractivity contribution in [3.63, 3.8) is 0 Å². The van der Waals surface area contributed by atoms with Gasteiger partial charge in [0.05, 0.1) is 6.61 Å².